The average molecular weight is 187 g/mol. The fraction of sp³-hybridized carbons (Fsp3) is 0.750. The van der Waals surface area contributed by atoms with Crippen LogP contribution >= 0.6 is 0 Å². The van der Waals surface area contributed by atoms with Gasteiger partial charge in [0, 0.05) is 0 Å². The molecule has 0 aromatic carbocycles. The topological polar surface area (TPSA) is 75.6 Å². The minimum atomic E-state index is -1.04. The molecule has 1 saturated heterocycles. The van der Waals surface area contributed by atoms with Crippen LogP contribution < -0.4 is 5.32 Å². The van der Waals surface area contributed by atoms with E-state index in [9.17, 15) is 9.59 Å². The Bertz CT molecular complexity index is 216. The second-order valence-electron chi connectivity index (χ2n) is 3.12. The lowest BCUT2D eigenvalue weighted by atomic mass is 10.2. The number of rotatable bonds is 3. The van der Waals surface area contributed by atoms with Crippen molar-refractivity contribution in [2.24, 2.45) is 0 Å². The molecule has 74 valence electrons. The van der Waals surface area contributed by atoms with Crippen molar-refractivity contribution in [3.8, 4) is 0 Å². The zero-order valence-corrected chi connectivity index (χ0v) is 7.45. The summed E-state index contributed by atoms with van der Waals surface area (Å²) in [6.07, 6.45) is 1.16. The molecule has 5 nitrogen and oxygen atoms in total. The van der Waals surface area contributed by atoms with Gasteiger partial charge in [-0.2, -0.15) is 0 Å². The summed E-state index contributed by atoms with van der Waals surface area (Å²) in [6.45, 7) is 1.55. The van der Waals surface area contributed by atoms with E-state index in [-0.39, 0.29) is 18.6 Å². The number of hydrogen-bond donors (Lipinski definition) is 2. The lowest BCUT2D eigenvalue weighted by Crippen LogP contribution is -2.37. The van der Waals surface area contributed by atoms with Crippen LogP contribution in [0.15, 0.2) is 0 Å². The molecule has 2 atom stereocenters. The summed E-state index contributed by atoms with van der Waals surface area (Å²) in [5.41, 5.74) is 0. The Kier molecular flexibility index (Phi) is 3.25. The highest BCUT2D eigenvalue weighted by molar-refractivity contribution is 5.84. The van der Waals surface area contributed by atoms with Crippen molar-refractivity contribution >= 4 is 11.9 Å². The van der Waals surface area contributed by atoms with Crippen LogP contribution in [-0.4, -0.2) is 35.7 Å². The van der Waals surface area contributed by atoms with E-state index >= 15 is 0 Å². The van der Waals surface area contributed by atoms with Crippen molar-refractivity contribution in [1.82, 2.24) is 5.32 Å². The fourth-order valence-corrected chi connectivity index (χ4v) is 1.27. The van der Waals surface area contributed by atoms with Gasteiger partial charge < -0.3 is 15.2 Å². The van der Waals surface area contributed by atoms with Crippen LogP contribution in [0.3, 0.4) is 0 Å². The molecule has 1 amide bonds. The summed E-state index contributed by atoms with van der Waals surface area (Å²) in [6, 6.07) is 0. The van der Waals surface area contributed by atoms with E-state index in [1.54, 1.807) is 0 Å². The molecular formula is C8H13NO4. The third-order valence-corrected chi connectivity index (χ3v) is 1.94. The molecule has 0 bridgehead atoms. The number of nitrogens with one attached hydrogen (secondary N) is 1. The molecule has 0 aliphatic carbocycles. The highest BCUT2D eigenvalue weighted by Gasteiger charge is 2.27. The van der Waals surface area contributed by atoms with Gasteiger partial charge in [-0.3, -0.25) is 9.59 Å². The van der Waals surface area contributed by atoms with Crippen molar-refractivity contribution in [3.63, 3.8) is 0 Å². The van der Waals surface area contributed by atoms with E-state index in [1.165, 1.54) is 0 Å². The Morgan fingerprint density at radius 3 is 2.69 bits per heavy atom. The largest absolute Gasteiger partial charge is 0.480 e. The van der Waals surface area contributed by atoms with Gasteiger partial charge in [-0.05, 0) is 19.8 Å². The second kappa shape index (κ2) is 4.23. The molecule has 5 heteroatoms. The van der Waals surface area contributed by atoms with E-state index in [1.807, 2.05) is 6.92 Å². The molecule has 0 radical (unpaired) electrons. The minimum absolute atomic E-state index is 0.0978. The van der Waals surface area contributed by atoms with Crippen molar-refractivity contribution in [3.05, 3.63) is 0 Å². The van der Waals surface area contributed by atoms with Gasteiger partial charge in [-0.15, -0.1) is 0 Å². The summed E-state index contributed by atoms with van der Waals surface area (Å²) < 4.78 is 5.25. The van der Waals surface area contributed by atoms with E-state index in [4.69, 9.17) is 9.84 Å². The number of ether oxygens (including phenoxy) is 1. The zero-order valence-electron chi connectivity index (χ0n) is 7.45. The number of hydrogen-bond acceptors (Lipinski definition) is 3. The van der Waals surface area contributed by atoms with Gasteiger partial charge in [0.2, 0.25) is 5.91 Å². The summed E-state index contributed by atoms with van der Waals surface area (Å²) in [4.78, 5) is 21.3. The van der Waals surface area contributed by atoms with Crippen LogP contribution in [0, 0.1) is 0 Å². The maximum atomic E-state index is 11.2. The first-order chi connectivity index (χ1) is 6.09. The normalized spacial score (nSPS) is 27.2. The van der Waals surface area contributed by atoms with Crippen LogP contribution in [0.4, 0.5) is 0 Å². The predicted molar refractivity (Wildman–Crippen MR) is 44.2 cm³/mol. The van der Waals surface area contributed by atoms with Crippen molar-refractivity contribution < 1.29 is 19.4 Å². The highest BCUT2D eigenvalue weighted by Crippen LogP contribution is 2.18. The number of carboxylic acids is 1. The second-order valence-corrected chi connectivity index (χ2v) is 3.12. The van der Waals surface area contributed by atoms with Gasteiger partial charge >= 0.3 is 5.97 Å². The molecule has 0 spiro atoms. The molecular weight excluding hydrogens is 174 g/mol. The van der Waals surface area contributed by atoms with Crippen LogP contribution in [-0.2, 0) is 14.3 Å². The number of carbonyl (C=O) groups is 2. The standard InChI is InChI=1S/C8H13NO4/c1-5-2-3-6(13-5)8(12)9-4-7(10)11/h5-6H,2-4H2,1H3,(H,9,12)(H,10,11). The maximum Gasteiger partial charge on any atom is 0.322 e. The Labute approximate surface area is 76.1 Å². The van der Waals surface area contributed by atoms with Gasteiger partial charge in [0.1, 0.15) is 12.6 Å². The fourth-order valence-electron chi connectivity index (χ4n) is 1.27. The average Bonchev–Trinajstić information content (AvgIpc) is 2.47. The maximum absolute atomic E-state index is 11.2. The zero-order chi connectivity index (χ0) is 9.84. The molecule has 13 heavy (non-hydrogen) atoms. The number of carboxylic acid groups (broad SMARTS) is 1. The Morgan fingerprint density at radius 2 is 2.23 bits per heavy atom. The summed E-state index contributed by atoms with van der Waals surface area (Å²) in [7, 11) is 0. The molecule has 1 rings (SSSR count). The third-order valence-electron chi connectivity index (χ3n) is 1.94. The first-order valence-electron chi connectivity index (χ1n) is 4.24. The molecule has 1 aliphatic rings. The summed E-state index contributed by atoms with van der Waals surface area (Å²) in [5, 5.41) is 10.6. The van der Waals surface area contributed by atoms with Gasteiger partial charge in [0.05, 0.1) is 6.10 Å². The van der Waals surface area contributed by atoms with Gasteiger partial charge in [0.15, 0.2) is 0 Å². The monoisotopic (exact) mass is 187 g/mol. The van der Waals surface area contributed by atoms with Crippen LogP contribution in [0.2, 0.25) is 0 Å². The molecule has 0 saturated carbocycles. The van der Waals surface area contributed by atoms with Crippen molar-refractivity contribution in [2.75, 3.05) is 6.54 Å². The Balaban J connectivity index is 2.27. The van der Waals surface area contributed by atoms with Gasteiger partial charge in [0.25, 0.3) is 0 Å². The highest BCUT2D eigenvalue weighted by atomic mass is 16.5. The molecule has 2 unspecified atom stereocenters. The first kappa shape index (κ1) is 9.98. The number of amides is 1. The molecule has 1 aliphatic heterocycles. The van der Waals surface area contributed by atoms with E-state index in [0.29, 0.717) is 6.42 Å². The number of aliphatic carboxylic acids is 1. The molecule has 0 aromatic rings. The van der Waals surface area contributed by atoms with Crippen LogP contribution in [0.1, 0.15) is 19.8 Å². The summed E-state index contributed by atoms with van der Waals surface area (Å²) >= 11 is 0. The van der Waals surface area contributed by atoms with E-state index in [0.717, 1.165) is 6.42 Å². The lowest BCUT2D eigenvalue weighted by molar-refractivity contribution is -0.140. The van der Waals surface area contributed by atoms with Crippen molar-refractivity contribution in [1.29, 1.82) is 0 Å². The van der Waals surface area contributed by atoms with E-state index < -0.39 is 12.1 Å². The molecule has 0 aromatic heterocycles. The first-order valence-corrected chi connectivity index (χ1v) is 4.24. The molecule has 1 fully saturated rings. The Hall–Kier alpha value is -1.10. The van der Waals surface area contributed by atoms with Crippen LogP contribution in [0.5, 0.6) is 0 Å². The smallest absolute Gasteiger partial charge is 0.322 e. The Morgan fingerprint density at radius 1 is 1.54 bits per heavy atom. The minimum Gasteiger partial charge on any atom is -0.480 e. The third kappa shape index (κ3) is 3.02. The van der Waals surface area contributed by atoms with Gasteiger partial charge in [-0.25, -0.2) is 0 Å². The predicted octanol–water partition coefficient (Wildman–Crippen LogP) is -0.245. The summed E-state index contributed by atoms with van der Waals surface area (Å²) in [5.74, 6) is -1.37. The van der Waals surface area contributed by atoms with Gasteiger partial charge in [-0.1, -0.05) is 0 Å². The van der Waals surface area contributed by atoms with Crippen LogP contribution in [0.25, 0.3) is 0 Å². The number of carbonyl (C=O) groups excluding carboxylic acids is 1. The molecule has 1 heterocycles. The lowest BCUT2D eigenvalue weighted by Gasteiger charge is -2.09. The van der Waals surface area contributed by atoms with Crippen molar-refractivity contribution in [2.45, 2.75) is 32.0 Å². The quantitative estimate of drug-likeness (QED) is 0.639. The van der Waals surface area contributed by atoms with E-state index in [2.05, 4.69) is 5.32 Å². The molecule has 2 N–H and O–H groups in total. The SMILES string of the molecule is CC1CCC(C(=O)NCC(=O)O)O1.